The van der Waals surface area contributed by atoms with E-state index in [1.54, 1.807) is 13.0 Å². The van der Waals surface area contributed by atoms with E-state index in [4.69, 9.17) is 9.26 Å². The summed E-state index contributed by atoms with van der Waals surface area (Å²) in [5.41, 5.74) is 3.70. The molecule has 0 radical (unpaired) electrons. The topological polar surface area (TPSA) is 86.4 Å². The van der Waals surface area contributed by atoms with Gasteiger partial charge in [0, 0.05) is 23.5 Å². The van der Waals surface area contributed by atoms with Crippen molar-refractivity contribution in [2.24, 2.45) is 0 Å². The number of rotatable bonds is 7. The highest BCUT2D eigenvalue weighted by Gasteiger charge is 2.19. The molecule has 0 fully saturated rings. The van der Waals surface area contributed by atoms with E-state index >= 15 is 0 Å². The molecule has 7 heteroatoms. The van der Waals surface area contributed by atoms with E-state index in [-0.39, 0.29) is 11.9 Å². The summed E-state index contributed by atoms with van der Waals surface area (Å²) in [4.78, 5) is 24.6. The van der Waals surface area contributed by atoms with Crippen molar-refractivity contribution in [3.63, 3.8) is 0 Å². The zero-order valence-electron chi connectivity index (χ0n) is 18.4. The van der Waals surface area contributed by atoms with Crippen LogP contribution in [0.4, 0.5) is 0 Å². The Bertz CT molecular complexity index is 1100. The molecule has 1 N–H and O–H groups in total. The lowest BCUT2D eigenvalue weighted by Crippen LogP contribution is -2.37. The van der Waals surface area contributed by atoms with Crippen LogP contribution in [0.3, 0.4) is 0 Å². The predicted molar refractivity (Wildman–Crippen MR) is 118 cm³/mol. The molecule has 2 unspecified atom stereocenters. The number of esters is 1. The number of aromatic nitrogens is 2. The lowest BCUT2D eigenvalue weighted by atomic mass is 10.1. The fraction of sp³-hybridized carbons (Fsp3) is 0.292. The van der Waals surface area contributed by atoms with E-state index in [2.05, 4.69) is 10.5 Å². The van der Waals surface area contributed by atoms with Gasteiger partial charge in [0.2, 0.25) is 0 Å². The minimum absolute atomic E-state index is 0.184. The number of hydrogen-bond donors (Lipinski definition) is 1. The smallest absolute Gasteiger partial charge is 0.331 e. The number of amides is 1. The first-order valence-corrected chi connectivity index (χ1v) is 10.1. The Hall–Kier alpha value is -3.61. The highest BCUT2D eigenvalue weighted by atomic mass is 16.5. The lowest BCUT2D eigenvalue weighted by molar-refractivity contribution is -0.150. The van der Waals surface area contributed by atoms with Gasteiger partial charge in [-0.1, -0.05) is 35.5 Å². The van der Waals surface area contributed by atoms with Crippen molar-refractivity contribution in [1.29, 1.82) is 0 Å². The van der Waals surface area contributed by atoms with Crippen LogP contribution in [0.25, 0.3) is 11.9 Å². The molecule has 0 aliphatic carbocycles. The van der Waals surface area contributed by atoms with Crippen molar-refractivity contribution >= 4 is 18.0 Å². The Balaban J connectivity index is 1.61. The van der Waals surface area contributed by atoms with E-state index in [0.29, 0.717) is 5.82 Å². The van der Waals surface area contributed by atoms with Crippen LogP contribution in [-0.4, -0.2) is 27.7 Å². The summed E-state index contributed by atoms with van der Waals surface area (Å²) in [5, 5.41) is 6.90. The van der Waals surface area contributed by atoms with Gasteiger partial charge in [-0.25, -0.2) is 4.79 Å². The van der Waals surface area contributed by atoms with Gasteiger partial charge in [0.05, 0.1) is 6.04 Å². The van der Waals surface area contributed by atoms with Crippen LogP contribution in [0.2, 0.25) is 0 Å². The average Bonchev–Trinajstić information content (AvgIpc) is 3.28. The quantitative estimate of drug-likeness (QED) is 0.456. The van der Waals surface area contributed by atoms with Crippen LogP contribution in [0.15, 0.2) is 53.1 Å². The highest BCUT2D eigenvalue weighted by molar-refractivity contribution is 5.90. The molecule has 2 aromatic heterocycles. The summed E-state index contributed by atoms with van der Waals surface area (Å²) in [6.45, 7) is 9.15. The summed E-state index contributed by atoms with van der Waals surface area (Å²) >= 11 is 0. The van der Waals surface area contributed by atoms with Crippen LogP contribution < -0.4 is 5.32 Å². The fourth-order valence-corrected chi connectivity index (χ4v) is 3.35. The predicted octanol–water partition coefficient (Wildman–Crippen LogP) is 4.21. The average molecular weight is 421 g/mol. The maximum Gasteiger partial charge on any atom is 0.331 e. The summed E-state index contributed by atoms with van der Waals surface area (Å²) in [5.74, 6) is 0.472. The second-order valence-corrected chi connectivity index (χ2v) is 7.51. The number of carbonyl (C=O) groups is 2. The van der Waals surface area contributed by atoms with Crippen LogP contribution in [0.1, 0.15) is 48.2 Å². The van der Waals surface area contributed by atoms with Gasteiger partial charge in [-0.15, -0.1) is 0 Å². The van der Waals surface area contributed by atoms with Gasteiger partial charge in [-0.2, -0.15) is 0 Å². The fourth-order valence-electron chi connectivity index (χ4n) is 3.35. The normalized spacial score (nSPS) is 13.2. The lowest BCUT2D eigenvalue weighted by Gasteiger charge is -2.17. The van der Waals surface area contributed by atoms with Crippen LogP contribution in [-0.2, 0) is 14.3 Å². The summed E-state index contributed by atoms with van der Waals surface area (Å²) in [7, 11) is 0. The maximum atomic E-state index is 12.4. The van der Waals surface area contributed by atoms with Crippen molar-refractivity contribution in [3.8, 4) is 5.82 Å². The number of nitrogens with one attached hydrogen (secondary N) is 1. The Labute approximate surface area is 181 Å². The Morgan fingerprint density at radius 2 is 1.84 bits per heavy atom. The van der Waals surface area contributed by atoms with E-state index in [9.17, 15) is 9.59 Å². The number of ether oxygens (including phenoxy) is 1. The maximum absolute atomic E-state index is 12.4. The summed E-state index contributed by atoms with van der Waals surface area (Å²) in [6, 6.07) is 13.2. The summed E-state index contributed by atoms with van der Waals surface area (Å²) in [6.07, 6.45) is 2.09. The first kappa shape index (κ1) is 22.1. The third kappa shape index (κ3) is 5.31. The molecule has 1 amide bonds. The number of carbonyl (C=O) groups excluding carboxylic acids is 2. The molecule has 3 aromatic rings. The first-order valence-electron chi connectivity index (χ1n) is 10.1. The SMILES string of the molecule is Cc1cc(-n2c(C)cc(/C=C/C(=O)OC(C)C(=O)NC(C)c3ccccc3)c2C)no1. The van der Waals surface area contributed by atoms with E-state index in [0.717, 1.165) is 28.3 Å². The number of aryl methyl sites for hydroxylation is 2. The largest absolute Gasteiger partial charge is 0.449 e. The molecule has 162 valence electrons. The molecule has 0 bridgehead atoms. The van der Waals surface area contributed by atoms with Gasteiger partial charge in [0.1, 0.15) is 5.76 Å². The minimum Gasteiger partial charge on any atom is -0.449 e. The number of hydrogen-bond acceptors (Lipinski definition) is 5. The Kier molecular flexibility index (Phi) is 6.74. The van der Waals surface area contributed by atoms with E-state index in [1.165, 1.54) is 6.08 Å². The molecular formula is C24H27N3O4. The molecule has 0 saturated carbocycles. The zero-order valence-corrected chi connectivity index (χ0v) is 18.4. The van der Waals surface area contributed by atoms with Gasteiger partial charge >= 0.3 is 5.97 Å². The molecule has 3 rings (SSSR count). The second-order valence-electron chi connectivity index (χ2n) is 7.51. The zero-order chi connectivity index (χ0) is 22.5. The molecule has 2 atom stereocenters. The third-order valence-corrected chi connectivity index (χ3v) is 5.03. The first-order chi connectivity index (χ1) is 14.8. The molecule has 2 heterocycles. The van der Waals surface area contributed by atoms with Gasteiger partial charge < -0.3 is 14.6 Å². The van der Waals surface area contributed by atoms with Crippen molar-refractivity contribution in [2.45, 2.75) is 46.8 Å². The summed E-state index contributed by atoms with van der Waals surface area (Å²) < 4.78 is 12.4. The van der Waals surface area contributed by atoms with Crippen molar-refractivity contribution in [1.82, 2.24) is 15.0 Å². The van der Waals surface area contributed by atoms with Crippen molar-refractivity contribution in [3.05, 3.63) is 76.8 Å². The third-order valence-electron chi connectivity index (χ3n) is 5.03. The molecule has 1 aromatic carbocycles. The number of benzene rings is 1. The van der Waals surface area contributed by atoms with Gasteiger partial charge in [-0.3, -0.25) is 9.36 Å². The molecule has 0 aliphatic rings. The van der Waals surface area contributed by atoms with E-state index < -0.39 is 12.1 Å². The molecule has 0 saturated heterocycles. The van der Waals surface area contributed by atoms with Crippen molar-refractivity contribution < 1.29 is 18.8 Å². The second kappa shape index (κ2) is 9.47. The van der Waals surface area contributed by atoms with Gasteiger partial charge in [0.25, 0.3) is 5.91 Å². The standard InChI is InChI=1S/C24H27N3O4/c1-15-13-21(18(4)27(15)22-14-16(2)31-26-22)11-12-23(28)30-19(5)24(29)25-17(3)20-9-7-6-8-10-20/h6-14,17,19H,1-5H3,(H,25,29)/b12-11+. The number of nitrogens with zero attached hydrogens (tertiary/aromatic N) is 2. The van der Waals surface area contributed by atoms with Gasteiger partial charge in [-0.05, 0) is 57.9 Å². The molecule has 0 spiro atoms. The molecular weight excluding hydrogens is 394 g/mol. The molecule has 7 nitrogen and oxygen atoms in total. The van der Waals surface area contributed by atoms with Gasteiger partial charge in [0.15, 0.2) is 11.9 Å². The minimum atomic E-state index is -0.908. The van der Waals surface area contributed by atoms with Crippen LogP contribution >= 0.6 is 0 Å². The Morgan fingerprint density at radius 1 is 1.13 bits per heavy atom. The highest BCUT2D eigenvalue weighted by Crippen LogP contribution is 2.21. The van der Waals surface area contributed by atoms with Crippen LogP contribution in [0.5, 0.6) is 0 Å². The van der Waals surface area contributed by atoms with Crippen molar-refractivity contribution in [2.75, 3.05) is 0 Å². The van der Waals surface area contributed by atoms with E-state index in [1.807, 2.05) is 74.7 Å². The monoisotopic (exact) mass is 421 g/mol. The Morgan fingerprint density at radius 3 is 2.48 bits per heavy atom. The molecule has 0 aliphatic heterocycles. The van der Waals surface area contributed by atoms with Crippen LogP contribution in [0, 0.1) is 20.8 Å². The molecule has 31 heavy (non-hydrogen) atoms.